The Hall–Kier alpha value is -1.51. The van der Waals surface area contributed by atoms with Crippen molar-refractivity contribution in [2.24, 2.45) is 0 Å². The zero-order chi connectivity index (χ0) is 13.3. The van der Waals surface area contributed by atoms with Crippen LogP contribution in [0.2, 0.25) is 0 Å². The summed E-state index contributed by atoms with van der Waals surface area (Å²) in [6, 6.07) is 6.16. The summed E-state index contributed by atoms with van der Waals surface area (Å²) in [6.07, 6.45) is 2.14. The Morgan fingerprint density at radius 2 is 2.06 bits per heavy atom. The van der Waals surface area contributed by atoms with Crippen LogP contribution in [0.5, 0.6) is 5.75 Å². The lowest BCUT2D eigenvalue weighted by Crippen LogP contribution is -2.13. The van der Waals surface area contributed by atoms with Crippen LogP contribution in [-0.2, 0) is 10.2 Å². The summed E-state index contributed by atoms with van der Waals surface area (Å²) < 4.78 is 5.33. The summed E-state index contributed by atoms with van der Waals surface area (Å²) >= 11 is 0. The third-order valence-corrected chi connectivity index (χ3v) is 3.79. The Bertz CT molecular complexity index is 459. The minimum atomic E-state index is -0.721. The van der Waals surface area contributed by atoms with Crippen molar-refractivity contribution in [2.45, 2.75) is 44.4 Å². The van der Waals surface area contributed by atoms with Crippen molar-refractivity contribution in [1.82, 2.24) is 0 Å². The maximum atomic E-state index is 11.0. The highest BCUT2D eigenvalue weighted by Gasteiger charge is 2.46. The molecular weight excluding hydrogens is 228 g/mol. The van der Waals surface area contributed by atoms with Crippen LogP contribution in [0.1, 0.15) is 50.2 Å². The summed E-state index contributed by atoms with van der Waals surface area (Å²) in [5.74, 6) is 0.522. The van der Waals surface area contributed by atoms with Gasteiger partial charge in [0.1, 0.15) is 5.75 Å². The number of methoxy groups -OCH3 is 1. The van der Waals surface area contributed by atoms with E-state index in [0.717, 1.165) is 24.2 Å². The average Bonchev–Trinajstić information content (AvgIpc) is 3.08. The summed E-state index contributed by atoms with van der Waals surface area (Å²) in [5, 5.41) is 9.02. The van der Waals surface area contributed by atoms with Gasteiger partial charge in [0.2, 0.25) is 0 Å². The van der Waals surface area contributed by atoms with Gasteiger partial charge in [0, 0.05) is 5.41 Å². The molecule has 3 nitrogen and oxygen atoms in total. The zero-order valence-corrected chi connectivity index (χ0v) is 11.2. The number of hydrogen-bond acceptors (Lipinski definition) is 2. The van der Waals surface area contributed by atoms with Crippen molar-refractivity contribution < 1.29 is 14.6 Å². The number of carbonyl (C=O) groups is 1. The molecule has 0 spiro atoms. The van der Waals surface area contributed by atoms with Gasteiger partial charge in [-0.15, -0.1) is 0 Å². The van der Waals surface area contributed by atoms with Crippen LogP contribution >= 0.6 is 0 Å². The molecule has 0 unspecified atom stereocenters. The Labute approximate surface area is 108 Å². The molecule has 1 aliphatic carbocycles. The van der Waals surface area contributed by atoms with Gasteiger partial charge >= 0.3 is 5.97 Å². The van der Waals surface area contributed by atoms with Crippen LogP contribution in [0.15, 0.2) is 18.2 Å². The maximum Gasteiger partial charge on any atom is 0.304 e. The number of hydrogen-bond donors (Lipinski definition) is 1. The molecule has 1 saturated carbocycles. The van der Waals surface area contributed by atoms with E-state index in [1.807, 2.05) is 12.1 Å². The predicted molar refractivity (Wildman–Crippen MR) is 70.2 cm³/mol. The number of rotatable bonds is 5. The largest absolute Gasteiger partial charge is 0.497 e. The lowest BCUT2D eigenvalue weighted by molar-refractivity contribution is -0.137. The first-order valence-corrected chi connectivity index (χ1v) is 6.38. The molecule has 0 aromatic heterocycles. The third kappa shape index (κ3) is 2.50. The van der Waals surface area contributed by atoms with Crippen LogP contribution in [0.25, 0.3) is 0 Å². The summed E-state index contributed by atoms with van der Waals surface area (Å²) in [7, 11) is 1.65. The van der Waals surface area contributed by atoms with Gasteiger partial charge in [-0.3, -0.25) is 4.79 Å². The quantitative estimate of drug-likeness (QED) is 0.869. The topological polar surface area (TPSA) is 46.5 Å². The molecule has 3 heteroatoms. The number of aliphatic carboxylic acids is 1. The maximum absolute atomic E-state index is 11.0. The molecule has 1 aromatic carbocycles. The first kappa shape index (κ1) is 12.9. The van der Waals surface area contributed by atoms with Crippen molar-refractivity contribution >= 4 is 5.97 Å². The average molecular weight is 248 g/mol. The van der Waals surface area contributed by atoms with Crippen LogP contribution in [0.3, 0.4) is 0 Å². The second kappa shape index (κ2) is 4.63. The molecule has 0 amide bonds. The molecule has 0 saturated heterocycles. The lowest BCUT2D eigenvalue weighted by Gasteiger charge is -2.17. The minimum Gasteiger partial charge on any atom is -0.497 e. The molecule has 2 rings (SSSR count). The fourth-order valence-corrected chi connectivity index (χ4v) is 2.39. The van der Waals surface area contributed by atoms with E-state index in [1.165, 1.54) is 5.56 Å². The van der Waals surface area contributed by atoms with Crippen molar-refractivity contribution in [1.29, 1.82) is 0 Å². The van der Waals surface area contributed by atoms with E-state index in [-0.39, 0.29) is 11.8 Å². The molecule has 0 bridgehead atoms. The number of carboxylic acids is 1. The SMILES string of the molecule is COc1cc(C(C)C)cc(C2(CC(=O)O)CC2)c1. The lowest BCUT2D eigenvalue weighted by atomic mass is 9.89. The first-order chi connectivity index (χ1) is 8.47. The van der Waals surface area contributed by atoms with Crippen molar-refractivity contribution in [3.63, 3.8) is 0 Å². The molecular formula is C15H20O3. The van der Waals surface area contributed by atoms with E-state index in [0.29, 0.717) is 5.92 Å². The Kier molecular flexibility index (Phi) is 3.33. The minimum absolute atomic E-state index is 0.149. The molecule has 1 fully saturated rings. The first-order valence-electron chi connectivity index (χ1n) is 6.38. The fraction of sp³-hybridized carbons (Fsp3) is 0.533. The van der Waals surface area contributed by atoms with Crippen molar-refractivity contribution in [2.75, 3.05) is 7.11 Å². The van der Waals surface area contributed by atoms with Gasteiger partial charge in [0.15, 0.2) is 0 Å². The van der Waals surface area contributed by atoms with E-state index in [2.05, 4.69) is 19.9 Å². The van der Waals surface area contributed by atoms with E-state index in [4.69, 9.17) is 9.84 Å². The second-order valence-electron chi connectivity index (χ2n) is 5.50. The highest BCUT2D eigenvalue weighted by atomic mass is 16.5. The Morgan fingerprint density at radius 1 is 1.39 bits per heavy atom. The molecule has 0 radical (unpaired) electrons. The number of benzene rings is 1. The van der Waals surface area contributed by atoms with Crippen LogP contribution < -0.4 is 4.74 Å². The highest BCUT2D eigenvalue weighted by molar-refractivity contribution is 5.70. The van der Waals surface area contributed by atoms with E-state index in [9.17, 15) is 4.79 Å². The molecule has 0 aliphatic heterocycles. The van der Waals surface area contributed by atoms with Gasteiger partial charge in [0.05, 0.1) is 13.5 Å². The number of carboxylic acid groups (broad SMARTS) is 1. The molecule has 1 aromatic rings. The van der Waals surface area contributed by atoms with Gasteiger partial charge < -0.3 is 9.84 Å². The van der Waals surface area contributed by atoms with Gasteiger partial charge in [-0.1, -0.05) is 19.9 Å². The van der Waals surface area contributed by atoms with E-state index >= 15 is 0 Å². The molecule has 0 atom stereocenters. The van der Waals surface area contributed by atoms with Gasteiger partial charge in [-0.05, 0) is 42.0 Å². The fourth-order valence-electron chi connectivity index (χ4n) is 2.39. The highest BCUT2D eigenvalue weighted by Crippen LogP contribution is 2.52. The van der Waals surface area contributed by atoms with Crippen LogP contribution in [0.4, 0.5) is 0 Å². The van der Waals surface area contributed by atoms with Crippen molar-refractivity contribution in [3.05, 3.63) is 29.3 Å². The molecule has 0 heterocycles. The summed E-state index contributed by atoms with van der Waals surface area (Å²) in [4.78, 5) is 11.0. The molecule has 18 heavy (non-hydrogen) atoms. The van der Waals surface area contributed by atoms with E-state index < -0.39 is 5.97 Å². The van der Waals surface area contributed by atoms with Gasteiger partial charge in [0.25, 0.3) is 0 Å². The normalized spacial score (nSPS) is 16.7. The van der Waals surface area contributed by atoms with E-state index in [1.54, 1.807) is 7.11 Å². The van der Waals surface area contributed by atoms with Gasteiger partial charge in [-0.25, -0.2) is 0 Å². The standard InChI is InChI=1S/C15H20O3/c1-10(2)11-6-12(8-13(7-11)18-3)15(4-5-15)9-14(16)17/h6-8,10H,4-5,9H2,1-3H3,(H,16,17). The van der Waals surface area contributed by atoms with Crippen molar-refractivity contribution in [3.8, 4) is 5.75 Å². The summed E-state index contributed by atoms with van der Waals surface area (Å²) in [6.45, 7) is 4.27. The van der Waals surface area contributed by atoms with Crippen LogP contribution in [0, 0.1) is 0 Å². The molecule has 1 aliphatic rings. The summed E-state index contributed by atoms with van der Waals surface area (Å²) in [5.41, 5.74) is 2.18. The molecule has 98 valence electrons. The zero-order valence-electron chi connectivity index (χ0n) is 11.2. The van der Waals surface area contributed by atoms with Crippen LogP contribution in [-0.4, -0.2) is 18.2 Å². The predicted octanol–water partition coefficient (Wildman–Crippen LogP) is 3.32. The third-order valence-electron chi connectivity index (χ3n) is 3.79. The Morgan fingerprint density at radius 3 is 2.50 bits per heavy atom. The molecule has 1 N–H and O–H groups in total. The van der Waals surface area contributed by atoms with Gasteiger partial charge in [-0.2, -0.15) is 0 Å². The second-order valence-corrected chi connectivity index (χ2v) is 5.50. The smallest absolute Gasteiger partial charge is 0.304 e. The Balaban J connectivity index is 2.38. The number of ether oxygens (including phenoxy) is 1. The monoisotopic (exact) mass is 248 g/mol.